The lowest BCUT2D eigenvalue weighted by Crippen LogP contribution is -2.36. The molecule has 1 aromatic rings. The molecule has 0 radical (unpaired) electrons. The average Bonchev–Trinajstić information content (AvgIpc) is 3.04. The number of amides is 1. The highest BCUT2D eigenvalue weighted by molar-refractivity contribution is 7.80. The summed E-state index contributed by atoms with van der Waals surface area (Å²) in [5, 5.41) is 2.63. The van der Waals surface area contributed by atoms with E-state index < -0.39 is 28.5 Å². The Morgan fingerprint density at radius 1 is 1.57 bits per heavy atom. The monoisotopic (exact) mass is 348 g/mol. The Bertz CT molecular complexity index is 601. The minimum Gasteiger partial charge on any atom is -0.726 e. The SMILES string of the molecule is CCCCn1cc[n+](C)c1.NC(=O)[C@@H]1C[C@@H](OS(=O)(=O)[O-])CN1. The van der Waals surface area contributed by atoms with Crippen LogP contribution in [0.15, 0.2) is 18.7 Å². The number of hydrogen-bond donors (Lipinski definition) is 2. The summed E-state index contributed by atoms with van der Waals surface area (Å²) >= 11 is 0. The smallest absolute Gasteiger partial charge is 0.243 e. The molecule has 3 N–H and O–H groups in total. The Kier molecular flexibility index (Phi) is 7.62. The lowest BCUT2D eigenvalue weighted by Gasteiger charge is -2.12. The molecule has 2 rings (SSSR count). The molecule has 9 nitrogen and oxygen atoms in total. The first-order valence-electron chi connectivity index (χ1n) is 7.39. The number of unbranched alkanes of at least 4 members (excludes halogenated alkanes) is 1. The van der Waals surface area contributed by atoms with Gasteiger partial charge >= 0.3 is 0 Å². The number of rotatable bonds is 6. The number of nitrogens with one attached hydrogen (secondary N) is 1. The summed E-state index contributed by atoms with van der Waals surface area (Å²) in [5.74, 6) is -0.589. The topological polar surface area (TPSA) is 130 Å². The van der Waals surface area contributed by atoms with Crippen LogP contribution in [0.4, 0.5) is 0 Å². The van der Waals surface area contributed by atoms with E-state index in [2.05, 4.69) is 44.3 Å². The van der Waals surface area contributed by atoms with E-state index in [0.717, 1.165) is 6.54 Å². The highest BCUT2D eigenvalue weighted by atomic mass is 32.3. The van der Waals surface area contributed by atoms with Gasteiger partial charge < -0.3 is 15.6 Å². The van der Waals surface area contributed by atoms with E-state index in [4.69, 9.17) is 5.73 Å². The molecule has 1 saturated heterocycles. The van der Waals surface area contributed by atoms with Crippen LogP contribution in [0.2, 0.25) is 0 Å². The van der Waals surface area contributed by atoms with Crippen LogP contribution >= 0.6 is 0 Å². The lowest BCUT2D eigenvalue weighted by molar-refractivity contribution is -0.671. The van der Waals surface area contributed by atoms with Crippen LogP contribution < -0.4 is 15.6 Å². The largest absolute Gasteiger partial charge is 0.726 e. The summed E-state index contributed by atoms with van der Waals surface area (Å²) in [7, 11) is -2.65. The van der Waals surface area contributed by atoms with Gasteiger partial charge in [0, 0.05) is 13.0 Å². The maximum Gasteiger partial charge on any atom is 0.243 e. The van der Waals surface area contributed by atoms with Gasteiger partial charge in [0.2, 0.25) is 22.6 Å². The predicted molar refractivity (Wildman–Crippen MR) is 80.7 cm³/mol. The van der Waals surface area contributed by atoms with Crippen LogP contribution in [0.25, 0.3) is 0 Å². The van der Waals surface area contributed by atoms with Crippen LogP contribution in [0.3, 0.4) is 0 Å². The zero-order valence-corrected chi connectivity index (χ0v) is 14.2. The number of aryl methyl sites for hydroxylation is 2. The van der Waals surface area contributed by atoms with E-state index in [-0.39, 0.29) is 13.0 Å². The first kappa shape index (κ1) is 19.6. The van der Waals surface area contributed by atoms with Gasteiger partial charge in [-0.25, -0.2) is 17.6 Å². The zero-order chi connectivity index (χ0) is 17.5. The number of hydrogen-bond acceptors (Lipinski definition) is 6. The van der Waals surface area contributed by atoms with Crippen molar-refractivity contribution >= 4 is 16.3 Å². The second-order valence-electron chi connectivity index (χ2n) is 5.40. The molecule has 0 bridgehead atoms. The van der Waals surface area contributed by atoms with Gasteiger partial charge in [-0.05, 0) is 6.42 Å². The molecule has 0 aliphatic carbocycles. The Morgan fingerprint density at radius 3 is 2.70 bits per heavy atom. The Balaban J connectivity index is 0.000000238. The van der Waals surface area contributed by atoms with Crippen molar-refractivity contribution in [2.45, 2.75) is 44.9 Å². The van der Waals surface area contributed by atoms with Crippen molar-refractivity contribution in [3.63, 3.8) is 0 Å². The Morgan fingerprint density at radius 2 is 2.26 bits per heavy atom. The fourth-order valence-corrected chi connectivity index (χ4v) is 2.61. The molecule has 1 fully saturated rings. The average molecular weight is 348 g/mol. The van der Waals surface area contributed by atoms with Crippen LogP contribution in [-0.2, 0) is 33.0 Å². The lowest BCUT2D eigenvalue weighted by atomic mass is 10.2. The molecule has 1 aliphatic heterocycles. The first-order chi connectivity index (χ1) is 10.7. The van der Waals surface area contributed by atoms with Gasteiger partial charge in [-0.1, -0.05) is 13.3 Å². The summed E-state index contributed by atoms with van der Waals surface area (Å²) in [6.45, 7) is 3.50. The number of nitrogens with two attached hydrogens (primary N) is 1. The minimum atomic E-state index is -4.70. The summed E-state index contributed by atoms with van der Waals surface area (Å²) in [6, 6.07) is -0.619. The maximum absolute atomic E-state index is 10.6. The van der Waals surface area contributed by atoms with Gasteiger partial charge in [0.1, 0.15) is 12.4 Å². The molecule has 0 aromatic carbocycles. The quantitative estimate of drug-likeness (QED) is 0.377. The standard InChI is InChI=1S/C8H15N2.C5H10N2O5S/c1-3-4-5-10-7-6-9(2)8-10;6-5(8)4-1-3(2-7-4)12-13(9,10)11/h6-8H,3-5H2,1-2H3;3-4,7H,1-2H2,(H2,6,8)(H,9,10,11)/q+1;/p-1/t;3-,4+/m.1/s1. The first-order valence-corrected chi connectivity index (χ1v) is 8.72. The number of aromatic nitrogens is 2. The molecular weight excluding hydrogens is 324 g/mol. The van der Waals surface area contributed by atoms with Crippen molar-refractivity contribution in [3.8, 4) is 0 Å². The fraction of sp³-hybridized carbons (Fsp3) is 0.692. The van der Waals surface area contributed by atoms with Crippen LogP contribution in [-0.4, -0.2) is 42.1 Å². The molecule has 10 heteroatoms. The summed E-state index contributed by atoms with van der Waals surface area (Å²) in [6.07, 6.45) is 8.13. The van der Waals surface area contributed by atoms with Crippen LogP contribution in [0, 0.1) is 0 Å². The number of nitrogens with zero attached hydrogens (tertiary/aromatic N) is 2. The molecule has 0 unspecified atom stereocenters. The summed E-state index contributed by atoms with van der Waals surface area (Å²) in [5.41, 5.74) is 4.94. The molecule has 132 valence electrons. The van der Waals surface area contributed by atoms with Crippen molar-refractivity contribution < 1.29 is 26.5 Å². The zero-order valence-electron chi connectivity index (χ0n) is 13.3. The maximum atomic E-state index is 10.6. The van der Waals surface area contributed by atoms with E-state index >= 15 is 0 Å². The van der Waals surface area contributed by atoms with Crippen molar-refractivity contribution in [1.29, 1.82) is 0 Å². The van der Waals surface area contributed by atoms with E-state index in [1.165, 1.54) is 12.8 Å². The highest BCUT2D eigenvalue weighted by Gasteiger charge is 2.29. The highest BCUT2D eigenvalue weighted by Crippen LogP contribution is 2.11. The molecule has 23 heavy (non-hydrogen) atoms. The Labute approximate surface area is 136 Å². The third-order valence-corrected chi connectivity index (χ3v) is 3.79. The van der Waals surface area contributed by atoms with Crippen molar-refractivity contribution in [3.05, 3.63) is 18.7 Å². The third-order valence-electron chi connectivity index (χ3n) is 3.28. The van der Waals surface area contributed by atoms with Crippen molar-refractivity contribution in [2.75, 3.05) is 6.54 Å². The Hall–Kier alpha value is -1.49. The number of imidazole rings is 1. The van der Waals surface area contributed by atoms with Crippen LogP contribution in [0.1, 0.15) is 26.2 Å². The molecule has 0 saturated carbocycles. The molecule has 2 heterocycles. The van der Waals surface area contributed by atoms with Crippen molar-refractivity contribution in [1.82, 2.24) is 9.88 Å². The van der Waals surface area contributed by atoms with Gasteiger partial charge in [-0.2, -0.15) is 0 Å². The predicted octanol–water partition coefficient (Wildman–Crippen LogP) is -1.21. The normalized spacial score (nSPS) is 20.8. The molecular formula is C13H24N4O5S. The second-order valence-corrected chi connectivity index (χ2v) is 6.40. The minimum absolute atomic E-state index is 0.108. The fourth-order valence-electron chi connectivity index (χ4n) is 2.13. The third kappa shape index (κ3) is 8.07. The molecule has 0 spiro atoms. The van der Waals surface area contributed by atoms with E-state index in [1.54, 1.807) is 0 Å². The van der Waals surface area contributed by atoms with Crippen molar-refractivity contribution in [2.24, 2.45) is 12.8 Å². The summed E-state index contributed by atoms with van der Waals surface area (Å²) in [4.78, 5) is 10.6. The van der Waals surface area contributed by atoms with Gasteiger partial charge in [0.25, 0.3) is 0 Å². The van der Waals surface area contributed by atoms with E-state index in [0.29, 0.717) is 0 Å². The van der Waals surface area contributed by atoms with Gasteiger partial charge in [0.05, 0.1) is 25.7 Å². The number of primary amides is 1. The van der Waals surface area contributed by atoms with E-state index in [1.807, 2.05) is 7.05 Å². The second kappa shape index (κ2) is 8.96. The summed E-state index contributed by atoms with van der Waals surface area (Å²) < 4.78 is 38.8. The molecule has 2 atom stereocenters. The molecule has 1 amide bonds. The van der Waals surface area contributed by atoms with Gasteiger partial charge in [0.15, 0.2) is 0 Å². The molecule has 1 aromatic heterocycles. The molecule has 1 aliphatic rings. The number of carbonyl (C=O) groups excluding carboxylic acids is 1. The van der Waals surface area contributed by atoms with E-state index in [9.17, 15) is 17.8 Å². The number of carbonyl (C=O) groups is 1. The van der Waals surface area contributed by atoms with Gasteiger partial charge in [-0.15, -0.1) is 0 Å². The van der Waals surface area contributed by atoms with Gasteiger partial charge in [-0.3, -0.25) is 8.98 Å². The van der Waals surface area contributed by atoms with Crippen LogP contribution in [0.5, 0.6) is 0 Å².